The number of nitrogens with zero attached hydrogens (tertiary/aromatic N) is 1. The standard InChI is InChI=1S/C18H16BrNO4/c19-15-8-4-7-14-13(15)9-10-20(16(14)17(21)22)18(23)24-11-12-5-2-1-3-6-12/h1-8,16H,9-11H2,(H,21,22). The van der Waals surface area contributed by atoms with Gasteiger partial charge in [-0.2, -0.15) is 0 Å². The summed E-state index contributed by atoms with van der Waals surface area (Å²) in [6.07, 6.45) is -0.0297. The van der Waals surface area contributed by atoms with Crippen molar-refractivity contribution in [3.63, 3.8) is 0 Å². The zero-order valence-corrected chi connectivity index (χ0v) is 14.4. The van der Waals surface area contributed by atoms with Crippen LogP contribution in [0.3, 0.4) is 0 Å². The van der Waals surface area contributed by atoms with E-state index in [0.717, 1.165) is 15.6 Å². The number of carbonyl (C=O) groups excluding carboxylic acids is 1. The number of ether oxygens (including phenoxy) is 1. The largest absolute Gasteiger partial charge is 0.479 e. The first-order chi connectivity index (χ1) is 11.6. The summed E-state index contributed by atoms with van der Waals surface area (Å²) in [6.45, 7) is 0.425. The molecule has 0 spiro atoms. The van der Waals surface area contributed by atoms with Gasteiger partial charge in [0.1, 0.15) is 6.61 Å². The highest BCUT2D eigenvalue weighted by atomic mass is 79.9. The van der Waals surface area contributed by atoms with Gasteiger partial charge in [0, 0.05) is 11.0 Å². The first-order valence-corrected chi connectivity index (χ1v) is 8.34. The van der Waals surface area contributed by atoms with Gasteiger partial charge < -0.3 is 9.84 Å². The summed E-state index contributed by atoms with van der Waals surface area (Å²) in [5.74, 6) is -1.06. The van der Waals surface area contributed by atoms with Crippen molar-refractivity contribution in [3.05, 3.63) is 69.7 Å². The molecule has 0 aliphatic carbocycles. The van der Waals surface area contributed by atoms with E-state index in [0.29, 0.717) is 18.5 Å². The fourth-order valence-electron chi connectivity index (χ4n) is 2.89. The van der Waals surface area contributed by atoms with Gasteiger partial charge in [-0.3, -0.25) is 4.90 Å². The van der Waals surface area contributed by atoms with Crippen LogP contribution in [0.1, 0.15) is 22.7 Å². The van der Waals surface area contributed by atoms with Crippen LogP contribution >= 0.6 is 15.9 Å². The average molecular weight is 390 g/mol. The minimum absolute atomic E-state index is 0.119. The minimum Gasteiger partial charge on any atom is -0.479 e. The molecule has 0 radical (unpaired) electrons. The summed E-state index contributed by atoms with van der Waals surface area (Å²) in [7, 11) is 0. The Bertz CT molecular complexity index is 763. The fourth-order valence-corrected chi connectivity index (χ4v) is 3.47. The summed E-state index contributed by atoms with van der Waals surface area (Å²) >= 11 is 3.45. The monoisotopic (exact) mass is 389 g/mol. The predicted molar refractivity (Wildman–Crippen MR) is 91.6 cm³/mol. The molecule has 1 N–H and O–H groups in total. The molecule has 124 valence electrons. The maximum atomic E-state index is 12.4. The lowest BCUT2D eigenvalue weighted by atomic mass is 9.93. The van der Waals surface area contributed by atoms with E-state index in [4.69, 9.17) is 4.74 Å². The minimum atomic E-state index is -1.06. The number of carboxylic acids is 1. The molecule has 5 nitrogen and oxygen atoms in total. The van der Waals surface area contributed by atoms with Crippen LogP contribution in [-0.2, 0) is 22.6 Å². The van der Waals surface area contributed by atoms with E-state index in [1.165, 1.54) is 4.90 Å². The summed E-state index contributed by atoms with van der Waals surface area (Å²) in [4.78, 5) is 25.4. The van der Waals surface area contributed by atoms with Gasteiger partial charge in [-0.1, -0.05) is 58.4 Å². The van der Waals surface area contributed by atoms with E-state index in [9.17, 15) is 14.7 Å². The molecule has 1 heterocycles. The van der Waals surface area contributed by atoms with Gasteiger partial charge in [0.15, 0.2) is 6.04 Å². The number of aliphatic carboxylic acids is 1. The number of halogens is 1. The van der Waals surface area contributed by atoms with E-state index < -0.39 is 18.1 Å². The molecule has 1 amide bonds. The van der Waals surface area contributed by atoms with Crippen molar-refractivity contribution in [1.82, 2.24) is 4.90 Å². The quantitative estimate of drug-likeness (QED) is 0.867. The molecule has 2 aromatic rings. The molecule has 0 aromatic heterocycles. The molecule has 1 atom stereocenters. The lowest BCUT2D eigenvalue weighted by Gasteiger charge is -2.34. The van der Waals surface area contributed by atoms with Crippen molar-refractivity contribution in [2.24, 2.45) is 0 Å². The highest BCUT2D eigenvalue weighted by Crippen LogP contribution is 2.34. The van der Waals surface area contributed by atoms with E-state index in [1.807, 2.05) is 36.4 Å². The normalized spacial score (nSPS) is 16.4. The molecule has 6 heteroatoms. The zero-order valence-electron chi connectivity index (χ0n) is 12.8. The van der Waals surface area contributed by atoms with Crippen molar-refractivity contribution in [1.29, 1.82) is 0 Å². The van der Waals surface area contributed by atoms with Gasteiger partial charge in [-0.15, -0.1) is 0 Å². The Labute approximate surface area is 148 Å². The number of rotatable bonds is 3. The number of fused-ring (bicyclic) bond motifs is 1. The number of hydrogen-bond donors (Lipinski definition) is 1. The first-order valence-electron chi connectivity index (χ1n) is 7.55. The third kappa shape index (κ3) is 3.28. The number of amides is 1. The smallest absolute Gasteiger partial charge is 0.411 e. The molecule has 1 aliphatic heterocycles. The van der Waals surface area contributed by atoms with Gasteiger partial charge in [-0.05, 0) is 29.2 Å². The van der Waals surface area contributed by atoms with Crippen LogP contribution in [0.4, 0.5) is 4.79 Å². The molecule has 24 heavy (non-hydrogen) atoms. The fraction of sp³-hybridized carbons (Fsp3) is 0.222. The molecular formula is C18H16BrNO4. The van der Waals surface area contributed by atoms with Gasteiger partial charge >= 0.3 is 12.1 Å². The number of carbonyl (C=O) groups is 2. The van der Waals surface area contributed by atoms with Crippen LogP contribution in [0, 0.1) is 0 Å². The lowest BCUT2D eigenvalue weighted by Crippen LogP contribution is -2.43. The molecular weight excluding hydrogens is 374 g/mol. The Morgan fingerprint density at radius 3 is 2.62 bits per heavy atom. The Morgan fingerprint density at radius 1 is 1.17 bits per heavy atom. The Hall–Kier alpha value is -2.34. The molecule has 1 unspecified atom stereocenters. The van der Waals surface area contributed by atoms with Crippen molar-refractivity contribution in [2.75, 3.05) is 6.54 Å². The highest BCUT2D eigenvalue weighted by molar-refractivity contribution is 9.10. The van der Waals surface area contributed by atoms with Crippen LogP contribution < -0.4 is 0 Å². The predicted octanol–water partition coefficient (Wildman–Crippen LogP) is 3.77. The Kier molecular flexibility index (Phi) is 4.85. The Morgan fingerprint density at radius 2 is 1.92 bits per heavy atom. The maximum absolute atomic E-state index is 12.4. The van der Waals surface area contributed by atoms with Gasteiger partial charge in [-0.25, -0.2) is 9.59 Å². The molecule has 0 bridgehead atoms. The second-order valence-corrected chi connectivity index (χ2v) is 6.39. The van der Waals surface area contributed by atoms with E-state index in [2.05, 4.69) is 15.9 Å². The van der Waals surface area contributed by atoms with E-state index in [1.54, 1.807) is 12.1 Å². The first kappa shape index (κ1) is 16.5. The SMILES string of the molecule is O=C(O)C1c2cccc(Br)c2CCN1C(=O)OCc1ccccc1. The van der Waals surface area contributed by atoms with Crippen molar-refractivity contribution in [3.8, 4) is 0 Å². The van der Waals surface area contributed by atoms with Crippen LogP contribution in [0.25, 0.3) is 0 Å². The number of carboxylic acid groups (broad SMARTS) is 1. The molecule has 1 aliphatic rings. The molecule has 0 saturated carbocycles. The summed E-state index contributed by atoms with van der Waals surface area (Å²) in [6, 6.07) is 13.7. The summed E-state index contributed by atoms with van der Waals surface area (Å²) in [5, 5.41) is 9.62. The summed E-state index contributed by atoms with van der Waals surface area (Å²) in [5.41, 5.74) is 2.41. The third-order valence-electron chi connectivity index (χ3n) is 4.04. The second kappa shape index (κ2) is 7.05. The molecule has 2 aromatic carbocycles. The maximum Gasteiger partial charge on any atom is 0.411 e. The summed E-state index contributed by atoms with van der Waals surface area (Å²) < 4.78 is 6.17. The van der Waals surface area contributed by atoms with E-state index >= 15 is 0 Å². The topological polar surface area (TPSA) is 66.8 Å². The van der Waals surface area contributed by atoms with Gasteiger partial charge in [0.2, 0.25) is 0 Å². The third-order valence-corrected chi connectivity index (χ3v) is 4.78. The molecule has 0 saturated heterocycles. The molecule has 0 fully saturated rings. The second-order valence-electron chi connectivity index (χ2n) is 5.53. The van der Waals surface area contributed by atoms with Crippen molar-refractivity contribution < 1.29 is 19.4 Å². The van der Waals surface area contributed by atoms with Crippen molar-refractivity contribution in [2.45, 2.75) is 19.1 Å². The van der Waals surface area contributed by atoms with Gasteiger partial charge in [0.25, 0.3) is 0 Å². The van der Waals surface area contributed by atoms with Crippen LogP contribution in [-0.4, -0.2) is 28.6 Å². The molecule has 3 rings (SSSR count). The highest BCUT2D eigenvalue weighted by Gasteiger charge is 2.37. The lowest BCUT2D eigenvalue weighted by molar-refractivity contribution is -0.143. The number of hydrogen-bond acceptors (Lipinski definition) is 3. The van der Waals surface area contributed by atoms with Gasteiger partial charge in [0.05, 0.1) is 0 Å². The zero-order chi connectivity index (χ0) is 17.1. The average Bonchev–Trinajstić information content (AvgIpc) is 2.59. The number of benzene rings is 2. The van der Waals surface area contributed by atoms with Crippen LogP contribution in [0.2, 0.25) is 0 Å². The van der Waals surface area contributed by atoms with Crippen molar-refractivity contribution >= 4 is 28.0 Å². The van der Waals surface area contributed by atoms with Crippen LogP contribution in [0.15, 0.2) is 53.0 Å². The van der Waals surface area contributed by atoms with Crippen LogP contribution in [0.5, 0.6) is 0 Å². The Balaban J connectivity index is 1.80. The van der Waals surface area contributed by atoms with E-state index in [-0.39, 0.29) is 6.61 Å².